The molecule has 0 saturated carbocycles. The summed E-state index contributed by atoms with van der Waals surface area (Å²) < 4.78 is 5.85. The van der Waals surface area contributed by atoms with E-state index in [1.807, 2.05) is 6.20 Å². The van der Waals surface area contributed by atoms with E-state index in [0.29, 0.717) is 12.7 Å². The molecule has 1 N–H and O–H groups in total. The Balaban J connectivity index is 2.20. The van der Waals surface area contributed by atoms with E-state index in [9.17, 15) is 0 Å². The molecular formula is C17H30N2O. The average Bonchev–Trinajstić information content (AvgIpc) is 2.48. The van der Waals surface area contributed by atoms with Gasteiger partial charge >= 0.3 is 0 Å². The fourth-order valence-corrected chi connectivity index (χ4v) is 2.08. The van der Waals surface area contributed by atoms with E-state index >= 15 is 0 Å². The zero-order chi connectivity index (χ0) is 14.6. The molecule has 0 aromatic carbocycles. The van der Waals surface area contributed by atoms with E-state index in [0.717, 1.165) is 25.2 Å². The minimum Gasteiger partial charge on any atom is -0.372 e. The summed E-state index contributed by atoms with van der Waals surface area (Å²) >= 11 is 0. The van der Waals surface area contributed by atoms with Crippen molar-refractivity contribution in [2.75, 3.05) is 6.54 Å². The molecule has 3 heteroatoms. The smallest absolute Gasteiger partial charge is 0.0891 e. The van der Waals surface area contributed by atoms with Gasteiger partial charge in [-0.2, -0.15) is 0 Å². The third-order valence-corrected chi connectivity index (χ3v) is 3.45. The van der Waals surface area contributed by atoms with Gasteiger partial charge in [0.25, 0.3) is 0 Å². The van der Waals surface area contributed by atoms with Crippen molar-refractivity contribution in [1.82, 2.24) is 10.3 Å². The quantitative estimate of drug-likeness (QED) is 0.620. The maximum atomic E-state index is 5.85. The normalized spacial score (nSPS) is 12.6. The van der Waals surface area contributed by atoms with Crippen LogP contribution in [-0.4, -0.2) is 17.6 Å². The molecule has 0 aliphatic carbocycles. The van der Waals surface area contributed by atoms with Crippen LogP contribution < -0.4 is 5.32 Å². The van der Waals surface area contributed by atoms with Gasteiger partial charge in [0.15, 0.2) is 0 Å². The summed E-state index contributed by atoms with van der Waals surface area (Å²) in [6.07, 6.45) is 8.63. The Labute approximate surface area is 124 Å². The molecule has 1 atom stereocenters. The first-order valence-electron chi connectivity index (χ1n) is 8.02. The van der Waals surface area contributed by atoms with Gasteiger partial charge in [-0.1, -0.05) is 45.6 Å². The topological polar surface area (TPSA) is 34.1 Å². The fraction of sp³-hybridized carbons (Fsp3) is 0.706. The molecule has 1 rings (SSSR count). The van der Waals surface area contributed by atoms with E-state index in [1.54, 1.807) is 0 Å². The lowest BCUT2D eigenvalue weighted by atomic mass is 10.1. The Morgan fingerprint density at radius 2 is 2.05 bits per heavy atom. The van der Waals surface area contributed by atoms with Gasteiger partial charge in [-0.05, 0) is 31.5 Å². The molecule has 114 valence electrons. The molecule has 0 aliphatic rings. The van der Waals surface area contributed by atoms with Crippen molar-refractivity contribution in [3.63, 3.8) is 0 Å². The first-order chi connectivity index (χ1) is 9.76. The number of nitrogens with zero attached hydrogens (tertiary/aromatic N) is 1. The van der Waals surface area contributed by atoms with Crippen molar-refractivity contribution >= 4 is 0 Å². The Kier molecular flexibility index (Phi) is 9.25. The van der Waals surface area contributed by atoms with E-state index in [4.69, 9.17) is 4.74 Å². The summed E-state index contributed by atoms with van der Waals surface area (Å²) in [6.45, 7) is 9.00. The lowest BCUT2D eigenvalue weighted by Gasteiger charge is -2.12. The molecule has 3 nitrogen and oxygen atoms in total. The summed E-state index contributed by atoms with van der Waals surface area (Å²) in [5.74, 6) is 0. The first-order valence-corrected chi connectivity index (χ1v) is 8.02. The van der Waals surface area contributed by atoms with Gasteiger partial charge in [0, 0.05) is 12.7 Å². The van der Waals surface area contributed by atoms with Crippen LogP contribution in [0.1, 0.15) is 64.1 Å². The van der Waals surface area contributed by atoms with Gasteiger partial charge in [-0.25, -0.2) is 0 Å². The minimum atomic E-state index is 0.329. The number of rotatable bonds is 11. The molecular weight excluding hydrogens is 248 g/mol. The van der Waals surface area contributed by atoms with E-state index in [1.165, 1.54) is 31.2 Å². The van der Waals surface area contributed by atoms with Crippen molar-refractivity contribution in [1.29, 1.82) is 0 Å². The Morgan fingerprint density at radius 3 is 2.70 bits per heavy atom. The summed E-state index contributed by atoms with van der Waals surface area (Å²) in [5, 5.41) is 3.30. The monoisotopic (exact) mass is 278 g/mol. The number of unbranched alkanes of at least 4 members (excludes halogenated alkanes) is 3. The standard InChI is InChI=1S/C17H30N2O/c1-4-6-7-8-9-15(3)20-14-17-11-10-16(13-19-17)12-18-5-2/h10-11,13,15,18H,4-9,12,14H2,1-3H3. The maximum absolute atomic E-state index is 5.85. The van der Waals surface area contributed by atoms with Gasteiger partial charge < -0.3 is 10.1 Å². The molecule has 0 fully saturated rings. The Morgan fingerprint density at radius 1 is 1.20 bits per heavy atom. The van der Waals surface area contributed by atoms with E-state index in [-0.39, 0.29) is 0 Å². The van der Waals surface area contributed by atoms with Crippen LogP contribution in [0.15, 0.2) is 18.3 Å². The minimum absolute atomic E-state index is 0.329. The van der Waals surface area contributed by atoms with Crippen molar-refractivity contribution in [2.45, 2.75) is 72.1 Å². The third kappa shape index (κ3) is 7.61. The van der Waals surface area contributed by atoms with Crippen LogP contribution in [0.3, 0.4) is 0 Å². The summed E-state index contributed by atoms with van der Waals surface area (Å²) in [4.78, 5) is 4.45. The number of nitrogens with one attached hydrogen (secondary N) is 1. The molecule has 1 heterocycles. The Bertz CT molecular complexity index is 337. The average molecular weight is 278 g/mol. The zero-order valence-corrected chi connectivity index (χ0v) is 13.3. The first kappa shape index (κ1) is 17.1. The SMILES string of the molecule is CCCCCCC(C)OCc1ccc(CNCC)cn1. The molecule has 0 amide bonds. The highest BCUT2D eigenvalue weighted by atomic mass is 16.5. The maximum Gasteiger partial charge on any atom is 0.0891 e. The summed E-state index contributed by atoms with van der Waals surface area (Å²) in [7, 11) is 0. The van der Waals surface area contributed by atoms with Crippen LogP contribution in [0.5, 0.6) is 0 Å². The molecule has 1 aromatic heterocycles. The van der Waals surface area contributed by atoms with Crippen LogP contribution in [0, 0.1) is 0 Å². The van der Waals surface area contributed by atoms with Crippen LogP contribution in [0.2, 0.25) is 0 Å². The molecule has 0 aliphatic heterocycles. The lowest BCUT2D eigenvalue weighted by Crippen LogP contribution is -2.12. The van der Waals surface area contributed by atoms with Crippen LogP contribution >= 0.6 is 0 Å². The highest BCUT2D eigenvalue weighted by Crippen LogP contribution is 2.10. The van der Waals surface area contributed by atoms with Gasteiger partial charge in [-0.15, -0.1) is 0 Å². The number of hydrogen-bond acceptors (Lipinski definition) is 3. The molecule has 0 bridgehead atoms. The Hall–Kier alpha value is -0.930. The van der Waals surface area contributed by atoms with Crippen LogP contribution in [0.4, 0.5) is 0 Å². The highest BCUT2D eigenvalue weighted by molar-refractivity contribution is 5.13. The zero-order valence-electron chi connectivity index (χ0n) is 13.3. The number of pyridine rings is 1. The van der Waals surface area contributed by atoms with Gasteiger partial charge in [-0.3, -0.25) is 4.98 Å². The second kappa shape index (κ2) is 10.8. The van der Waals surface area contributed by atoms with E-state index in [2.05, 4.69) is 43.2 Å². The van der Waals surface area contributed by atoms with Gasteiger partial charge in [0.05, 0.1) is 18.4 Å². The second-order valence-corrected chi connectivity index (χ2v) is 5.41. The molecule has 0 saturated heterocycles. The molecule has 20 heavy (non-hydrogen) atoms. The molecule has 1 aromatic rings. The van der Waals surface area contributed by atoms with Crippen molar-refractivity contribution in [3.8, 4) is 0 Å². The molecule has 0 spiro atoms. The predicted octanol–water partition coefficient (Wildman–Crippen LogP) is 4.07. The fourth-order valence-electron chi connectivity index (χ4n) is 2.08. The third-order valence-electron chi connectivity index (χ3n) is 3.45. The summed E-state index contributed by atoms with van der Waals surface area (Å²) in [5.41, 5.74) is 2.24. The largest absolute Gasteiger partial charge is 0.372 e. The van der Waals surface area contributed by atoms with Crippen LogP contribution in [0.25, 0.3) is 0 Å². The number of aromatic nitrogens is 1. The molecule has 1 unspecified atom stereocenters. The molecule has 0 radical (unpaired) electrons. The van der Waals surface area contributed by atoms with Crippen molar-refractivity contribution < 1.29 is 4.74 Å². The van der Waals surface area contributed by atoms with Crippen LogP contribution in [-0.2, 0) is 17.9 Å². The van der Waals surface area contributed by atoms with Crippen molar-refractivity contribution in [2.24, 2.45) is 0 Å². The van der Waals surface area contributed by atoms with Crippen molar-refractivity contribution in [3.05, 3.63) is 29.6 Å². The van der Waals surface area contributed by atoms with Gasteiger partial charge in [0.2, 0.25) is 0 Å². The second-order valence-electron chi connectivity index (χ2n) is 5.41. The highest BCUT2D eigenvalue weighted by Gasteiger charge is 2.03. The van der Waals surface area contributed by atoms with Gasteiger partial charge in [0.1, 0.15) is 0 Å². The number of ether oxygens (including phenoxy) is 1. The summed E-state index contributed by atoms with van der Waals surface area (Å²) in [6, 6.07) is 4.19. The predicted molar refractivity (Wildman–Crippen MR) is 84.6 cm³/mol. The lowest BCUT2D eigenvalue weighted by molar-refractivity contribution is 0.0440. The number of hydrogen-bond donors (Lipinski definition) is 1. The van der Waals surface area contributed by atoms with E-state index < -0.39 is 0 Å².